The minimum absolute atomic E-state index is 0.0441. The number of rotatable bonds is 3. The molecule has 0 bridgehead atoms. The molecule has 0 N–H and O–H groups in total. The second-order valence-electron chi connectivity index (χ2n) is 4.98. The first-order valence-electron chi connectivity index (χ1n) is 6.80. The highest BCUT2D eigenvalue weighted by atomic mass is 35.5. The predicted octanol–water partition coefficient (Wildman–Crippen LogP) is 5.40. The minimum Gasteiger partial charge on any atom is -0.496 e. The van der Waals surface area contributed by atoms with Crippen LogP contribution in [0, 0.1) is 21.7 Å². The van der Waals surface area contributed by atoms with Crippen LogP contribution in [0.1, 0.15) is 0 Å². The van der Waals surface area contributed by atoms with Crippen LogP contribution in [-0.4, -0.2) is 17.0 Å². The molecular formula is C16H8Cl2F2N2O3. The fourth-order valence-corrected chi connectivity index (χ4v) is 3.04. The van der Waals surface area contributed by atoms with Crippen LogP contribution in [0.25, 0.3) is 22.0 Å². The van der Waals surface area contributed by atoms with Gasteiger partial charge in [0.2, 0.25) is 0 Å². The Balaban J connectivity index is 2.41. The van der Waals surface area contributed by atoms with Gasteiger partial charge in [-0.25, -0.2) is 13.8 Å². The van der Waals surface area contributed by atoms with Gasteiger partial charge in [0.1, 0.15) is 28.3 Å². The van der Waals surface area contributed by atoms with Crippen LogP contribution < -0.4 is 4.74 Å². The molecule has 0 unspecified atom stereocenters. The number of benzene rings is 2. The summed E-state index contributed by atoms with van der Waals surface area (Å²) < 4.78 is 34.4. The summed E-state index contributed by atoms with van der Waals surface area (Å²) in [7, 11) is 1.31. The number of hydrogen-bond donors (Lipinski definition) is 0. The smallest absolute Gasteiger partial charge is 0.306 e. The van der Waals surface area contributed by atoms with Gasteiger partial charge in [0.15, 0.2) is 5.82 Å². The second kappa shape index (κ2) is 6.42. The molecule has 0 aliphatic carbocycles. The lowest BCUT2D eigenvalue weighted by Crippen LogP contribution is -1.98. The first-order valence-corrected chi connectivity index (χ1v) is 7.55. The maximum absolute atomic E-state index is 15.0. The molecule has 3 rings (SSSR count). The molecule has 0 amide bonds. The Labute approximate surface area is 149 Å². The molecule has 0 fully saturated rings. The van der Waals surface area contributed by atoms with Gasteiger partial charge in [-0.2, -0.15) is 0 Å². The lowest BCUT2D eigenvalue weighted by molar-refractivity contribution is -0.384. The normalized spacial score (nSPS) is 10.9. The number of ether oxygens (including phenoxy) is 1. The van der Waals surface area contributed by atoms with Crippen LogP contribution in [0.3, 0.4) is 0 Å². The molecule has 0 saturated heterocycles. The van der Waals surface area contributed by atoms with E-state index >= 15 is 4.39 Å². The fraction of sp³-hybridized carbons (Fsp3) is 0.0625. The van der Waals surface area contributed by atoms with Crippen molar-refractivity contribution in [1.29, 1.82) is 0 Å². The monoisotopic (exact) mass is 384 g/mol. The number of methoxy groups -OCH3 is 1. The summed E-state index contributed by atoms with van der Waals surface area (Å²) in [5.74, 6) is -1.62. The van der Waals surface area contributed by atoms with Gasteiger partial charge in [0.25, 0.3) is 0 Å². The van der Waals surface area contributed by atoms with Gasteiger partial charge in [-0.3, -0.25) is 10.1 Å². The summed E-state index contributed by atoms with van der Waals surface area (Å²) in [5.41, 5.74) is -1.19. The average Bonchev–Trinajstić information content (AvgIpc) is 2.56. The van der Waals surface area contributed by atoms with Gasteiger partial charge in [-0.15, -0.1) is 0 Å². The van der Waals surface area contributed by atoms with Crippen molar-refractivity contribution in [2.45, 2.75) is 0 Å². The van der Waals surface area contributed by atoms with E-state index in [-0.39, 0.29) is 37.8 Å². The SMILES string of the molecule is COc1cccc(F)c1-c1c(Cl)cc2c(Cl)c([N+](=O)[O-])cnc2c1F. The van der Waals surface area contributed by atoms with E-state index in [1.807, 2.05) is 0 Å². The molecule has 0 atom stereocenters. The Hall–Kier alpha value is -2.51. The quantitative estimate of drug-likeness (QED) is 0.447. The van der Waals surface area contributed by atoms with Crippen LogP contribution in [0.2, 0.25) is 10.0 Å². The summed E-state index contributed by atoms with van der Waals surface area (Å²) in [6, 6.07) is 5.20. The Bertz CT molecular complexity index is 1030. The Kier molecular flexibility index (Phi) is 4.45. The van der Waals surface area contributed by atoms with Crippen molar-refractivity contribution in [2.75, 3.05) is 7.11 Å². The van der Waals surface area contributed by atoms with E-state index in [1.54, 1.807) is 0 Å². The van der Waals surface area contributed by atoms with Crippen molar-refractivity contribution in [2.24, 2.45) is 0 Å². The van der Waals surface area contributed by atoms with Crippen LogP contribution in [0.5, 0.6) is 5.75 Å². The Morgan fingerprint density at radius 3 is 2.60 bits per heavy atom. The maximum atomic E-state index is 15.0. The zero-order chi connectivity index (χ0) is 18.3. The van der Waals surface area contributed by atoms with E-state index in [4.69, 9.17) is 27.9 Å². The average molecular weight is 385 g/mol. The van der Waals surface area contributed by atoms with Gasteiger partial charge >= 0.3 is 5.69 Å². The summed E-state index contributed by atoms with van der Waals surface area (Å²) in [4.78, 5) is 14.0. The van der Waals surface area contributed by atoms with Crippen LogP contribution in [-0.2, 0) is 0 Å². The lowest BCUT2D eigenvalue weighted by Gasteiger charge is -2.14. The van der Waals surface area contributed by atoms with E-state index in [2.05, 4.69) is 4.98 Å². The summed E-state index contributed by atoms with van der Waals surface area (Å²) in [5, 5.41) is 10.4. The largest absolute Gasteiger partial charge is 0.496 e. The third kappa shape index (κ3) is 2.75. The van der Waals surface area contributed by atoms with E-state index in [1.165, 1.54) is 25.3 Å². The standard InChI is InChI=1S/C16H8Cl2F2N2O3/c1-25-11-4-2-3-9(19)13(11)12-8(17)5-7-14(18)10(22(23)24)6-21-16(7)15(12)20/h2-6H,1H3. The molecule has 1 aromatic heterocycles. The first kappa shape index (κ1) is 17.3. The number of fused-ring (bicyclic) bond motifs is 1. The zero-order valence-electron chi connectivity index (χ0n) is 12.5. The highest BCUT2D eigenvalue weighted by molar-refractivity contribution is 6.39. The van der Waals surface area contributed by atoms with Crippen LogP contribution in [0.15, 0.2) is 30.5 Å². The van der Waals surface area contributed by atoms with Gasteiger partial charge in [-0.05, 0) is 18.2 Å². The summed E-state index contributed by atoms with van der Waals surface area (Å²) in [6.45, 7) is 0. The molecule has 0 spiro atoms. The third-order valence-electron chi connectivity index (χ3n) is 3.61. The first-order chi connectivity index (χ1) is 11.9. The van der Waals surface area contributed by atoms with Crippen molar-refractivity contribution in [3.05, 3.63) is 62.3 Å². The fourth-order valence-electron chi connectivity index (χ4n) is 2.50. The molecule has 0 aliphatic heterocycles. The Morgan fingerprint density at radius 1 is 1.24 bits per heavy atom. The van der Waals surface area contributed by atoms with Gasteiger partial charge in [0, 0.05) is 10.9 Å². The molecule has 0 saturated carbocycles. The third-order valence-corrected chi connectivity index (χ3v) is 4.31. The molecule has 3 aromatic rings. The number of aromatic nitrogens is 1. The molecular weight excluding hydrogens is 377 g/mol. The maximum Gasteiger partial charge on any atom is 0.306 e. The van der Waals surface area contributed by atoms with E-state index < -0.39 is 22.2 Å². The van der Waals surface area contributed by atoms with Crippen molar-refractivity contribution in [3.8, 4) is 16.9 Å². The van der Waals surface area contributed by atoms with Crippen molar-refractivity contribution >= 4 is 39.8 Å². The van der Waals surface area contributed by atoms with Crippen molar-refractivity contribution < 1.29 is 18.4 Å². The second-order valence-corrected chi connectivity index (χ2v) is 5.76. The molecule has 25 heavy (non-hydrogen) atoms. The highest BCUT2D eigenvalue weighted by Crippen LogP contribution is 2.43. The molecule has 1 heterocycles. The van der Waals surface area contributed by atoms with Crippen molar-refractivity contribution in [3.63, 3.8) is 0 Å². The number of hydrogen-bond acceptors (Lipinski definition) is 4. The molecule has 9 heteroatoms. The van der Waals surface area contributed by atoms with Crippen LogP contribution in [0.4, 0.5) is 14.5 Å². The van der Waals surface area contributed by atoms with Gasteiger partial charge < -0.3 is 4.74 Å². The molecule has 128 valence electrons. The van der Waals surface area contributed by atoms with Gasteiger partial charge in [-0.1, -0.05) is 29.3 Å². The van der Waals surface area contributed by atoms with Crippen molar-refractivity contribution in [1.82, 2.24) is 4.98 Å². The molecule has 5 nitrogen and oxygen atoms in total. The molecule has 2 aromatic carbocycles. The van der Waals surface area contributed by atoms with E-state index in [0.29, 0.717) is 0 Å². The van der Waals surface area contributed by atoms with E-state index in [9.17, 15) is 14.5 Å². The number of halogens is 4. The molecule has 0 aliphatic rings. The number of pyridine rings is 1. The zero-order valence-corrected chi connectivity index (χ0v) is 14.0. The minimum atomic E-state index is -0.956. The summed E-state index contributed by atoms with van der Waals surface area (Å²) in [6.07, 6.45) is 0.837. The topological polar surface area (TPSA) is 65.3 Å². The number of nitrogens with zero attached hydrogens (tertiary/aromatic N) is 2. The highest BCUT2D eigenvalue weighted by Gasteiger charge is 2.25. The van der Waals surface area contributed by atoms with E-state index in [0.717, 1.165) is 12.3 Å². The van der Waals surface area contributed by atoms with Crippen LogP contribution >= 0.6 is 23.2 Å². The summed E-state index contributed by atoms with van der Waals surface area (Å²) >= 11 is 12.1. The molecule has 0 radical (unpaired) electrons. The Morgan fingerprint density at radius 2 is 1.96 bits per heavy atom. The lowest BCUT2D eigenvalue weighted by atomic mass is 10.0. The number of nitro groups is 1. The predicted molar refractivity (Wildman–Crippen MR) is 90.3 cm³/mol. The van der Waals surface area contributed by atoms with Gasteiger partial charge in [0.05, 0.1) is 22.6 Å².